The second-order valence-corrected chi connectivity index (χ2v) is 5.68. The zero-order chi connectivity index (χ0) is 13.8. The number of ether oxygens (including phenoxy) is 1. The summed E-state index contributed by atoms with van der Waals surface area (Å²) in [6, 6.07) is 0.0220. The number of aromatic nitrogens is 4. The molecule has 2 heterocycles. The van der Waals surface area contributed by atoms with Crippen molar-refractivity contribution in [1.82, 2.24) is 24.7 Å². The fourth-order valence-corrected chi connectivity index (χ4v) is 3.19. The van der Waals surface area contributed by atoms with E-state index >= 15 is 0 Å². The molecule has 8 heteroatoms. The fourth-order valence-electron chi connectivity index (χ4n) is 1.91. The molecule has 0 spiro atoms. The van der Waals surface area contributed by atoms with Gasteiger partial charge in [-0.15, -0.1) is 5.10 Å². The van der Waals surface area contributed by atoms with Crippen LogP contribution in [0.1, 0.15) is 22.3 Å². The highest BCUT2D eigenvalue weighted by Crippen LogP contribution is 2.31. The van der Waals surface area contributed by atoms with Crippen LogP contribution in [0.15, 0.2) is 10.7 Å². The number of rotatable bonds is 6. The van der Waals surface area contributed by atoms with E-state index in [9.17, 15) is 0 Å². The molecule has 1 N–H and O–H groups in total. The Kier molecular flexibility index (Phi) is 5.03. The Morgan fingerprint density at radius 2 is 2.37 bits per heavy atom. The minimum absolute atomic E-state index is 0.0220. The molecule has 0 aliphatic carbocycles. The van der Waals surface area contributed by atoms with Crippen molar-refractivity contribution in [2.45, 2.75) is 19.5 Å². The van der Waals surface area contributed by atoms with Crippen LogP contribution in [-0.4, -0.2) is 40.1 Å². The molecule has 104 valence electrons. The molecule has 0 aromatic carbocycles. The molecule has 0 aliphatic heterocycles. The van der Waals surface area contributed by atoms with Crippen LogP contribution < -0.4 is 5.32 Å². The first kappa shape index (κ1) is 14.6. The summed E-state index contributed by atoms with van der Waals surface area (Å²) in [6.07, 6.45) is 1.80. The van der Waals surface area contributed by atoms with Crippen LogP contribution in [0.3, 0.4) is 0 Å². The third-order valence-electron chi connectivity index (χ3n) is 2.85. The van der Waals surface area contributed by atoms with Gasteiger partial charge < -0.3 is 10.1 Å². The zero-order valence-corrected chi connectivity index (χ0v) is 13.5. The Morgan fingerprint density at radius 1 is 1.58 bits per heavy atom. The largest absolute Gasteiger partial charge is 0.383 e. The lowest BCUT2D eigenvalue weighted by Crippen LogP contribution is -2.23. The van der Waals surface area contributed by atoms with E-state index in [-0.39, 0.29) is 6.04 Å². The molecule has 6 nitrogen and oxygen atoms in total. The topological polar surface area (TPSA) is 64.9 Å². The number of halogens is 1. The number of aryl methyl sites for hydroxylation is 1. The number of nitrogens with one attached hydrogen (secondary N) is 1. The smallest absolute Gasteiger partial charge is 0.0886 e. The van der Waals surface area contributed by atoms with Crippen LogP contribution >= 0.6 is 27.5 Å². The molecular weight excluding hydrogens is 330 g/mol. The Labute approximate surface area is 124 Å². The van der Waals surface area contributed by atoms with E-state index in [0.717, 1.165) is 20.7 Å². The van der Waals surface area contributed by atoms with Crippen molar-refractivity contribution >= 4 is 27.5 Å². The average Bonchev–Trinajstić information content (AvgIpc) is 2.97. The van der Waals surface area contributed by atoms with Crippen molar-refractivity contribution in [2.75, 3.05) is 20.8 Å². The molecule has 1 unspecified atom stereocenters. The van der Waals surface area contributed by atoms with E-state index in [1.165, 1.54) is 11.5 Å². The quantitative estimate of drug-likeness (QED) is 0.864. The zero-order valence-electron chi connectivity index (χ0n) is 11.1. The van der Waals surface area contributed by atoms with Gasteiger partial charge in [-0.1, -0.05) is 4.49 Å². The monoisotopic (exact) mass is 345 g/mol. The van der Waals surface area contributed by atoms with Crippen molar-refractivity contribution < 1.29 is 4.74 Å². The Balaban J connectivity index is 2.38. The van der Waals surface area contributed by atoms with Gasteiger partial charge in [-0.05, 0) is 41.4 Å². The second-order valence-electron chi connectivity index (χ2n) is 4.04. The Bertz CT molecular complexity index is 541. The van der Waals surface area contributed by atoms with E-state index in [1.807, 2.05) is 18.7 Å². The van der Waals surface area contributed by atoms with Gasteiger partial charge in [-0.3, -0.25) is 4.68 Å². The maximum Gasteiger partial charge on any atom is 0.0886 e. The van der Waals surface area contributed by atoms with E-state index < -0.39 is 0 Å². The van der Waals surface area contributed by atoms with Crippen LogP contribution in [0.2, 0.25) is 0 Å². The van der Waals surface area contributed by atoms with Crippen LogP contribution in [0.5, 0.6) is 0 Å². The minimum Gasteiger partial charge on any atom is -0.383 e. The lowest BCUT2D eigenvalue weighted by atomic mass is 10.1. The Hall–Kier alpha value is -0.830. The summed E-state index contributed by atoms with van der Waals surface area (Å²) in [4.78, 5) is 1.10. The lowest BCUT2D eigenvalue weighted by Gasteiger charge is -2.17. The molecule has 0 saturated carbocycles. The predicted octanol–water partition coefficient (Wildman–Crippen LogP) is 1.76. The number of nitrogens with zero attached hydrogens (tertiary/aromatic N) is 4. The minimum atomic E-state index is 0.0220. The van der Waals surface area contributed by atoms with Gasteiger partial charge in [-0.25, -0.2) is 0 Å². The second kappa shape index (κ2) is 6.56. The molecular formula is C11H16BrN5OS. The van der Waals surface area contributed by atoms with Crippen LogP contribution in [0.25, 0.3) is 0 Å². The van der Waals surface area contributed by atoms with Crippen molar-refractivity contribution in [1.29, 1.82) is 0 Å². The third-order valence-corrected chi connectivity index (χ3v) is 4.35. The summed E-state index contributed by atoms with van der Waals surface area (Å²) in [6.45, 7) is 3.30. The molecule has 19 heavy (non-hydrogen) atoms. The first-order valence-electron chi connectivity index (χ1n) is 5.85. The van der Waals surface area contributed by atoms with E-state index in [2.05, 4.69) is 35.9 Å². The highest BCUT2D eigenvalue weighted by Gasteiger charge is 2.24. The summed E-state index contributed by atoms with van der Waals surface area (Å²) in [5, 5.41) is 11.8. The maximum atomic E-state index is 5.12. The first-order valence-corrected chi connectivity index (χ1v) is 7.42. The molecule has 0 fully saturated rings. The molecule has 2 rings (SSSR count). The van der Waals surface area contributed by atoms with Crippen molar-refractivity contribution in [3.05, 3.63) is 26.9 Å². The van der Waals surface area contributed by atoms with E-state index in [4.69, 9.17) is 4.74 Å². The summed E-state index contributed by atoms with van der Waals surface area (Å²) in [5.74, 6) is 0. The highest BCUT2D eigenvalue weighted by atomic mass is 79.9. The molecule has 0 radical (unpaired) electrons. The summed E-state index contributed by atoms with van der Waals surface area (Å²) in [7, 11) is 3.61. The summed E-state index contributed by atoms with van der Waals surface area (Å²) < 4.78 is 12.0. The van der Waals surface area contributed by atoms with Gasteiger partial charge in [0.2, 0.25) is 0 Å². The van der Waals surface area contributed by atoms with Crippen molar-refractivity contribution in [3.8, 4) is 0 Å². The van der Waals surface area contributed by atoms with Gasteiger partial charge in [0.05, 0.1) is 46.1 Å². The number of hydrogen-bond acceptors (Lipinski definition) is 6. The van der Waals surface area contributed by atoms with Crippen molar-refractivity contribution in [3.63, 3.8) is 0 Å². The third kappa shape index (κ3) is 3.02. The predicted molar refractivity (Wildman–Crippen MR) is 77.4 cm³/mol. The molecule has 2 aromatic rings. The number of methoxy groups -OCH3 is 1. The molecule has 2 aromatic heterocycles. The van der Waals surface area contributed by atoms with Crippen LogP contribution in [-0.2, 0) is 11.3 Å². The van der Waals surface area contributed by atoms with Gasteiger partial charge in [0, 0.05) is 7.11 Å². The molecule has 0 aliphatic rings. The summed E-state index contributed by atoms with van der Waals surface area (Å²) >= 11 is 4.97. The van der Waals surface area contributed by atoms with Gasteiger partial charge in [-0.2, -0.15) is 5.10 Å². The first-order chi connectivity index (χ1) is 9.19. The maximum absolute atomic E-state index is 5.12. The van der Waals surface area contributed by atoms with E-state index in [0.29, 0.717) is 13.2 Å². The van der Waals surface area contributed by atoms with Gasteiger partial charge >= 0.3 is 0 Å². The SMILES string of the molecule is CNC(c1snnc1C)c1c(Br)cnn1CCOC. The molecule has 0 amide bonds. The van der Waals surface area contributed by atoms with Crippen LogP contribution in [0.4, 0.5) is 0 Å². The van der Waals surface area contributed by atoms with Gasteiger partial charge in [0.25, 0.3) is 0 Å². The average molecular weight is 346 g/mol. The van der Waals surface area contributed by atoms with Crippen LogP contribution in [0, 0.1) is 6.92 Å². The van der Waals surface area contributed by atoms with Crippen molar-refractivity contribution in [2.24, 2.45) is 0 Å². The van der Waals surface area contributed by atoms with E-state index in [1.54, 1.807) is 13.3 Å². The van der Waals surface area contributed by atoms with Gasteiger partial charge in [0.1, 0.15) is 0 Å². The molecule has 0 bridgehead atoms. The summed E-state index contributed by atoms with van der Waals surface area (Å²) in [5.41, 5.74) is 2.00. The standard InChI is InChI=1S/C11H16BrN5OS/c1-7-11(19-16-15-7)9(13-2)10-8(12)6-14-17(10)4-5-18-3/h6,9,13H,4-5H2,1-3H3. The Morgan fingerprint density at radius 3 is 2.95 bits per heavy atom. The normalized spacial score (nSPS) is 12.8. The fraction of sp³-hybridized carbons (Fsp3) is 0.545. The lowest BCUT2D eigenvalue weighted by molar-refractivity contribution is 0.182. The number of hydrogen-bond donors (Lipinski definition) is 1. The highest BCUT2D eigenvalue weighted by molar-refractivity contribution is 9.10. The molecule has 0 saturated heterocycles. The molecule has 1 atom stereocenters. The van der Waals surface area contributed by atoms with Gasteiger partial charge in [0.15, 0.2) is 0 Å².